The van der Waals surface area contributed by atoms with Gasteiger partial charge in [0.1, 0.15) is 35.2 Å². The highest BCUT2D eigenvalue weighted by molar-refractivity contribution is 7.91. The summed E-state index contributed by atoms with van der Waals surface area (Å²) >= 11 is 0. The molecular weight excluding hydrogens is 1530 g/mol. The van der Waals surface area contributed by atoms with Crippen LogP contribution in [-0.2, 0) is 26.2 Å². The standard InChI is InChI=1S/C16H15F3N6O.C16H18N6O.C15H17N5O2S.C15H16N4O2.C14H13FN4O2S/c1-9-3-4-13-23-15(24-25(13)7-9)22-12-6-20-11(5-10(12)2)14(26)21-8-16(17,18)19;1-4-17-15(23)12-7-11(3)13(8-18-12)19-16-20-14-6-5-10(2)9-22(14)21-16;1-10-4-7-14-18-15(19-20(14)9-10)17-12-6-5-11(23(3,16)21)8-13(12)22-2;1-10-3-6-14-17-15(18-19(14)8-10)16-12-5-4-11(9-20)7-13(12)21-2;1-9-3-6-13-17-14(18-19(13)8-9)16-12-5-4-10(7-11(12)15)22(2,20)21/h3-7H,8H2,1-2H3,(H,21,26)(H,22,24);5-9H,4H2,1-3H3,(H,17,23)(H,19,21);4-9,16H,1-3H3,(H,17,19);3-8,20H,9H2,1-2H3,(H,16,18);3-8H,1-2H3,(H,16,18). The SMILES string of the molecule is CCNC(=O)c1cc(C)c(Nc2nc3ccc(C)cn3n2)cn1.COc1cc(CO)ccc1Nc1nc2ccc(C)cn2n1.COc1cc(S(C)(=N)=O)ccc1Nc1nc2ccc(C)cn2n1.Cc1ccc2nc(Nc3ccc(S(C)(=O)=O)cc3F)nn2c1.Cc1ccc2nc(Nc3cnc(C(=O)NCC(F)(F)F)cc3C)nn2c1. The molecule has 0 radical (unpaired) electrons. The van der Waals surface area contributed by atoms with E-state index < -0.39 is 44.0 Å². The molecule has 2 amide bonds. The molecule has 0 aliphatic rings. The Kier molecular flexibility index (Phi) is 25.2. The Morgan fingerprint density at radius 1 is 0.461 bits per heavy atom. The van der Waals surface area contributed by atoms with E-state index in [-0.39, 0.29) is 34.7 Å². The first kappa shape index (κ1) is 82.1. The van der Waals surface area contributed by atoms with Gasteiger partial charge < -0.3 is 51.8 Å². The summed E-state index contributed by atoms with van der Waals surface area (Å²) in [6.07, 6.45) is 10.3. The summed E-state index contributed by atoms with van der Waals surface area (Å²) in [5.41, 5.74) is 14.3. The molecule has 12 aromatic heterocycles. The number of carbonyl (C=O) groups is 2. The minimum Gasteiger partial charge on any atom is -0.495 e. The molecule has 115 heavy (non-hydrogen) atoms. The van der Waals surface area contributed by atoms with Crippen LogP contribution in [0.5, 0.6) is 11.5 Å². The second kappa shape index (κ2) is 35.3. The quantitative estimate of drug-likeness (QED) is 0.0340. The van der Waals surface area contributed by atoms with Gasteiger partial charge in [-0.05, 0) is 191 Å². The highest BCUT2D eigenvalue weighted by atomic mass is 32.2. The second-order valence-corrected chi connectivity index (χ2v) is 30.3. The number of alkyl halides is 3. The van der Waals surface area contributed by atoms with Gasteiger partial charge in [-0.25, -0.2) is 54.3 Å². The van der Waals surface area contributed by atoms with Crippen molar-refractivity contribution in [1.29, 1.82) is 4.78 Å². The fourth-order valence-electron chi connectivity index (χ4n) is 10.7. The molecule has 0 spiro atoms. The predicted molar refractivity (Wildman–Crippen MR) is 426 cm³/mol. The van der Waals surface area contributed by atoms with Crippen molar-refractivity contribution in [2.75, 3.05) is 66.4 Å². The zero-order valence-electron chi connectivity index (χ0n) is 64.0. The highest BCUT2D eigenvalue weighted by Gasteiger charge is 2.28. The summed E-state index contributed by atoms with van der Waals surface area (Å²) in [6.45, 7) is 14.5. The van der Waals surface area contributed by atoms with E-state index in [1.807, 2.05) is 140 Å². The lowest BCUT2D eigenvalue weighted by Gasteiger charge is -2.10. The van der Waals surface area contributed by atoms with Crippen molar-refractivity contribution in [1.82, 2.24) is 93.6 Å². The number of halogens is 4. The average molecular weight is 1610 g/mol. The molecule has 9 N–H and O–H groups in total. The number of aliphatic hydroxyl groups excluding tert-OH is 1. The molecule has 596 valence electrons. The van der Waals surface area contributed by atoms with Crippen molar-refractivity contribution in [3.63, 3.8) is 0 Å². The van der Waals surface area contributed by atoms with E-state index in [4.69, 9.17) is 19.4 Å². The number of fused-ring (bicyclic) bond motifs is 5. The number of hydrogen-bond donors (Lipinski definition) is 9. The van der Waals surface area contributed by atoms with Crippen LogP contribution < -0.4 is 46.7 Å². The normalized spacial score (nSPS) is 11.7. The third-order valence-electron chi connectivity index (χ3n) is 16.5. The molecule has 15 aromatic rings. The first-order valence-corrected chi connectivity index (χ1v) is 38.8. The zero-order chi connectivity index (χ0) is 82.6. The number of ether oxygens (including phenoxy) is 2. The van der Waals surface area contributed by atoms with Gasteiger partial charge in [0.2, 0.25) is 29.7 Å². The van der Waals surface area contributed by atoms with Crippen LogP contribution in [0.4, 0.5) is 75.7 Å². The van der Waals surface area contributed by atoms with Crippen LogP contribution in [0.3, 0.4) is 0 Å². The van der Waals surface area contributed by atoms with E-state index in [0.717, 1.165) is 79.6 Å². The lowest BCUT2D eigenvalue weighted by Crippen LogP contribution is -2.34. The smallest absolute Gasteiger partial charge is 0.405 e. The Labute approximate surface area is 655 Å². The summed E-state index contributed by atoms with van der Waals surface area (Å²) in [4.78, 5) is 53.7. The van der Waals surface area contributed by atoms with Gasteiger partial charge >= 0.3 is 6.18 Å². The monoisotopic (exact) mass is 1610 g/mol. The number of aromatic nitrogens is 17. The maximum Gasteiger partial charge on any atom is 0.405 e. The minimum atomic E-state index is -4.47. The maximum absolute atomic E-state index is 14.0. The summed E-state index contributed by atoms with van der Waals surface area (Å²) in [7, 11) is -3.13. The molecule has 0 saturated heterocycles. The Balaban J connectivity index is 0.000000142. The molecule has 0 aliphatic carbocycles. The highest BCUT2D eigenvalue weighted by Crippen LogP contribution is 2.32. The van der Waals surface area contributed by atoms with Gasteiger partial charge in [0.25, 0.3) is 11.8 Å². The van der Waals surface area contributed by atoms with Crippen LogP contribution in [0.25, 0.3) is 28.2 Å². The lowest BCUT2D eigenvalue weighted by molar-refractivity contribution is -0.123. The fourth-order valence-corrected chi connectivity index (χ4v) is 12.0. The second-order valence-electron chi connectivity index (χ2n) is 26.1. The molecule has 0 aliphatic heterocycles. The molecule has 39 heteroatoms. The lowest BCUT2D eigenvalue weighted by atomic mass is 10.2. The fraction of sp³-hybridized carbons (Fsp3) is 0.211. The number of pyridine rings is 7. The average Bonchev–Trinajstić information content (AvgIpc) is 1.76. The van der Waals surface area contributed by atoms with Crippen molar-refractivity contribution in [2.45, 2.75) is 78.0 Å². The number of carbonyl (C=O) groups excluding carboxylic acids is 2. The van der Waals surface area contributed by atoms with Gasteiger partial charge in [-0.1, -0.05) is 36.4 Å². The van der Waals surface area contributed by atoms with Crippen LogP contribution in [0, 0.1) is 59.1 Å². The summed E-state index contributed by atoms with van der Waals surface area (Å²) < 4.78 is 112. The van der Waals surface area contributed by atoms with E-state index in [0.29, 0.717) is 80.7 Å². The summed E-state index contributed by atoms with van der Waals surface area (Å²) in [5, 5.41) is 50.4. The van der Waals surface area contributed by atoms with Crippen LogP contribution in [0.15, 0.2) is 181 Å². The zero-order valence-corrected chi connectivity index (χ0v) is 65.7. The molecule has 1 atom stereocenters. The van der Waals surface area contributed by atoms with Crippen molar-refractivity contribution in [2.24, 2.45) is 0 Å². The number of amides is 2. The summed E-state index contributed by atoms with van der Waals surface area (Å²) in [6, 6.07) is 36.3. The minimum absolute atomic E-state index is 0.0253. The third-order valence-corrected chi connectivity index (χ3v) is 18.8. The number of benzene rings is 3. The number of hydrogen-bond acceptors (Lipinski definition) is 26. The van der Waals surface area contributed by atoms with Crippen molar-refractivity contribution < 1.29 is 54.4 Å². The first-order chi connectivity index (χ1) is 54.7. The van der Waals surface area contributed by atoms with E-state index in [1.54, 1.807) is 90.7 Å². The Morgan fingerprint density at radius 2 is 0.800 bits per heavy atom. The molecule has 0 saturated carbocycles. The van der Waals surface area contributed by atoms with E-state index >= 15 is 0 Å². The molecule has 3 aromatic carbocycles. The molecule has 12 heterocycles. The number of sulfone groups is 1. The van der Waals surface area contributed by atoms with Crippen LogP contribution in [0.1, 0.15) is 72.4 Å². The number of rotatable bonds is 19. The molecule has 0 bridgehead atoms. The van der Waals surface area contributed by atoms with Gasteiger partial charge in [0.05, 0.1) is 81.2 Å². The van der Waals surface area contributed by atoms with E-state index in [2.05, 4.69) is 92.3 Å². The van der Waals surface area contributed by atoms with Gasteiger partial charge in [-0.2, -0.15) is 38.1 Å². The largest absolute Gasteiger partial charge is 0.495 e. The van der Waals surface area contributed by atoms with Crippen LogP contribution in [0.2, 0.25) is 0 Å². The van der Waals surface area contributed by atoms with E-state index in [9.17, 15) is 39.8 Å². The third kappa shape index (κ3) is 21.7. The molecule has 15 rings (SSSR count). The number of nitrogens with zero attached hydrogens (tertiary/aromatic N) is 17. The van der Waals surface area contributed by atoms with Crippen molar-refractivity contribution in [3.8, 4) is 11.5 Å². The maximum atomic E-state index is 14.0. The van der Waals surface area contributed by atoms with Gasteiger partial charge in [0.15, 0.2) is 38.1 Å². The number of methoxy groups -OCH3 is 2. The molecular formula is C76H79F4N25O8S2. The van der Waals surface area contributed by atoms with Crippen molar-refractivity contribution in [3.05, 3.63) is 232 Å². The predicted octanol–water partition coefficient (Wildman–Crippen LogP) is 12.4. The summed E-state index contributed by atoms with van der Waals surface area (Å²) in [5.74, 6) is 1.37. The topological polar surface area (TPSA) is 409 Å². The van der Waals surface area contributed by atoms with Crippen molar-refractivity contribution >= 4 is 118 Å². The Morgan fingerprint density at radius 3 is 1.13 bits per heavy atom. The Hall–Kier alpha value is -13.8. The number of anilines is 10. The Bertz CT molecular complexity index is 6330. The molecule has 33 nitrogen and oxygen atoms in total. The molecule has 0 fully saturated rings. The van der Waals surface area contributed by atoms with Crippen LogP contribution in [-0.4, -0.2) is 159 Å². The first-order valence-electron chi connectivity index (χ1n) is 34.9. The number of aryl methyl sites for hydroxylation is 7. The van der Waals surface area contributed by atoms with Crippen LogP contribution >= 0.6 is 0 Å². The number of aliphatic hydroxyl groups is 1. The van der Waals surface area contributed by atoms with Gasteiger partial charge in [-0.3, -0.25) is 9.59 Å². The molecule has 1 unspecified atom stereocenters. The van der Waals surface area contributed by atoms with Gasteiger partial charge in [-0.15, -0.1) is 25.5 Å². The van der Waals surface area contributed by atoms with E-state index in [1.165, 1.54) is 37.8 Å². The number of nitrogens with one attached hydrogen (secondary N) is 8. The van der Waals surface area contributed by atoms with Gasteiger partial charge in [0, 0.05) is 50.0 Å².